The van der Waals surface area contributed by atoms with Crippen LogP contribution in [0.4, 0.5) is 10.6 Å². The van der Waals surface area contributed by atoms with Gasteiger partial charge in [-0.2, -0.15) is 0 Å². The van der Waals surface area contributed by atoms with E-state index in [9.17, 15) is 4.79 Å². The molecular formula is C18H22IN3O2. The van der Waals surface area contributed by atoms with Gasteiger partial charge in [-0.3, -0.25) is 0 Å². The van der Waals surface area contributed by atoms with Crippen LogP contribution >= 0.6 is 22.6 Å². The van der Waals surface area contributed by atoms with E-state index < -0.39 is 5.60 Å². The Morgan fingerprint density at radius 3 is 2.50 bits per heavy atom. The number of carbonyl (C=O) groups is 1. The van der Waals surface area contributed by atoms with Gasteiger partial charge in [0, 0.05) is 35.1 Å². The second-order valence-electron chi connectivity index (χ2n) is 6.96. The Bertz CT molecular complexity index is 750. The first-order valence-electron chi connectivity index (χ1n) is 8.11. The lowest BCUT2D eigenvalue weighted by molar-refractivity contribution is 0.0240. The maximum atomic E-state index is 12.1. The molecular weight excluding hydrogens is 417 g/mol. The summed E-state index contributed by atoms with van der Waals surface area (Å²) in [5.74, 6) is 0.965. The quantitative estimate of drug-likeness (QED) is 0.633. The van der Waals surface area contributed by atoms with Crippen molar-refractivity contribution in [2.45, 2.75) is 26.4 Å². The number of aromatic nitrogens is 1. The monoisotopic (exact) mass is 439 g/mol. The number of pyridine rings is 1. The summed E-state index contributed by atoms with van der Waals surface area (Å²) < 4.78 is 6.65. The summed E-state index contributed by atoms with van der Waals surface area (Å²) in [4.78, 5) is 20.9. The minimum Gasteiger partial charge on any atom is -0.444 e. The number of piperazine rings is 1. The van der Waals surface area contributed by atoms with Crippen molar-refractivity contribution >= 4 is 45.4 Å². The smallest absolute Gasteiger partial charge is 0.410 e. The predicted octanol–water partition coefficient (Wildman–Crippen LogP) is 3.90. The Morgan fingerprint density at radius 2 is 1.83 bits per heavy atom. The van der Waals surface area contributed by atoms with E-state index in [-0.39, 0.29) is 6.09 Å². The number of amides is 1. The molecule has 1 aliphatic heterocycles. The molecule has 6 heteroatoms. The van der Waals surface area contributed by atoms with Gasteiger partial charge in [0.15, 0.2) is 0 Å². The van der Waals surface area contributed by atoms with Crippen molar-refractivity contribution in [1.82, 2.24) is 9.88 Å². The standard InChI is InChI=1S/C18H22IN3O2/c1-18(2,3)24-17(23)22-10-8-21(9-11-22)16-7-4-13-12-14(19)5-6-15(13)20-16/h4-7,12H,8-11H2,1-3H3. The van der Waals surface area contributed by atoms with Crippen LogP contribution < -0.4 is 4.90 Å². The summed E-state index contributed by atoms with van der Waals surface area (Å²) >= 11 is 2.31. The molecule has 1 saturated heterocycles. The molecule has 5 nitrogen and oxygen atoms in total. The summed E-state index contributed by atoms with van der Waals surface area (Å²) in [7, 11) is 0. The van der Waals surface area contributed by atoms with E-state index in [0.717, 1.165) is 29.8 Å². The molecule has 1 fully saturated rings. The molecule has 3 rings (SSSR count). The number of hydrogen-bond acceptors (Lipinski definition) is 4. The van der Waals surface area contributed by atoms with Crippen LogP contribution in [-0.4, -0.2) is 47.8 Å². The van der Waals surface area contributed by atoms with E-state index in [2.05, 4.69) is 57.8 Å². The van der Waals surface area contributed by atoms with Gasteiger partial charge in [0.2, 0.25) is 0 Å². The summed E-state index contributed by atoms with van der Waals surface area (Å²) in [5, 5.41) is 1.15. The fourth-order valence-corrected chi connectivity index (χ4v) is 3.22. The summed E-state index contributed by atoms with van der Waals surface area (Å²) in [5.41, 5.74) is 0.550. The molecule has 2 heterocycles. The molecule has 0 saturated carbocycles. The average molecular weight is 439 g/mol. The number of nitrogens with zero attached hydrogens (tertiary/aromatic N) is 3. The van der Waals surface area contributed by atoms with Gasteiger partial charge in [-0.15, -0.1) is 0 Å². The average Bonchev–Trinajstić information content (AvgIpc) is 2.53. The van der Waals surface area contributed by atoms with Gasteiger partial charge < -0.3 is 14.5 Å². The van der Waals surface area contributed by atoms with Gasteiger partial charge in [-0.1, -0.05) is 0 Å². The van der Waals surface area contributed by atoms with Crippen molar-refractivity contribution in [3.8, 4) is 0 Å². The number of fused-ring (bicyclic) bond motifs is 1. The van der Waals surface area contributed by atoms with Crippen molar-refractivity contribution in [3.05, 3.63) is 33.9 Å². The molecule has 24 heavy (non-hydrogen) atoms. The highest BCUT2D eigenvalue weighted by Gasteiger charge is 2.26. The Balaban J connectivity index is 1.66. The van der Waals surface area contributed by atoms with Crippen LogP contribution in [0.5, 0.6) is 0 Å². The highest BCUT2D eigenvalue weighted by molar-refractivity contribution is 14.1. The van der Waals surface area contributed by atoms with E-state index in [1.807, 2.05) is 20.8 Å². The number of carbonyl (C=O) groups excluding carboxylic acids is 1. The van der Waals surface area contributed by atoms with Crippen LogP contribution in [0, 0.1) is 3.57 Å². The van der Waals surface area contributed by atoms with Gasteiger partial charge in [-0.05, 0) is 73.7 Å². The number of hydrogen-bond donors (Lipinski definition) is 0. The third-order valence-corrected chi connectivity index (χ3v) is 4.56. The summed E-state index contributed by atoms with van der Waals surface area (Å²) in [6, 6.07) is 10.4. The molecule has 0 spiro atoms. The molecule has 2 aromatic rings. The molecule has 0 atom stereocenters. The lowest BCUT2D eigenvalue weighted by Gasteiger charge is -2.36. The number of anilines is 1. The van der Waals surface area contributed by atoms with Gasteiger partial charge in [0.1, 0.15) is 11.4 Å². The lowest BCUT2D eigenvalue weighted by atomic mass is 10.2. The predicted molar refractivity (Wildman–Crippen MR) is 104 cm³/mol. The van der Waals surface area contributed by atoms with Crippen LogP contribution in [-0.2, 0) is 4.74 Å². The topological polar surface area (TPSA) is 45.7 Å². The minimum absolute atomic E-state index is 0.233. The number of rotatable bonds is 1. The van der Waals surface area contributed by atoms with Crippen LogP contribution in [0.15, 0.2) is 30.3 Å². The van der Waals surface area contributed by atoms with E-state index in [0.29, 0.717) is 13.1 Å². The second-order valence-corrected chi connectivity index (χ2v) is 8.21. The Labute approximate surface area is 156 Å². The maximum Gasteiger partial charge on any atom is 0.410 e. The first-order valence-corrected chi connectivity index (χ1v) is 9.19. The normalized spacial score (nSPS) is 15.7. The number of benzene rings is 1. The number of ether oxygens (including phenoxy) is 1. The molecule has 1 amide bonds. The molecule has 1 aliphatic rings. The lowest BCUT2D eigenvalue weighted by Crippen LogP contribution is -2.50. The van der Waals surface area contributed by atoms with Crippen molar-refractivity contribution in [2.24, 2.45) is 0 Å². The first kappa shape index (κ1) is 17.3. The van der Waals surface area contributed by atoms with E-state index in [1.165, 1.54) is 3.57 Å². The SMILES string of the molecule is CC(C)(C)OC(=O)N1CCN(c2ccc3cc(I)ccc3n2)CC1. The van der Waals surface area contributed by atoms with Gasteiger partial charge >= 0.3 is 6.09 Å². The fourth-order valence-electron chi connectivity index (χ4n) is 2.71. The van der Waals surface area contributed by atoms with Crippen molar-refractivity contribution in [2.75, 3.05) is 31.1 Å². The Hall–Kier alpha value is -1.57. The van der Waals surface area contributed by atoms with E-state index in [1.54, 1.807) is 4.90 Å². The van der Waals surface area contributed by atoms with Crippen molar-refractivity contribution in [1.29, 1.82) is 0 Å². The van der Waals surface area contributed by atoms with E-state index in [4.69, 9.17) is 9.72 Å². The molecule has 0 aliphatic carbocycles. The largest absolute Gasteiger partial charge is 0.444 e. The molecule has 0 bridgehead atoms. The molecule has 1 aromatic heterocycles. The van der Waals surface area contributed by atoms with Crippen LogP contribution in [0.3, 0.4) is 0 Å². The summed E-state index contributed by atoms with van der Waals surface area (Å²) in [6.07, 6.45) is -0.233. The van der Waals surface area contributed by atoms with E-state index >= 15 is 0 Å². The maximum absolute atomic E-state index is 12.1. The third kappa shape index (κ3) is 4.09. The van der Waals surface area contributed by atoms with Crippen LogP contribution in [0.2, 0.25) is 0 Å². The molecule has 1 aromatic carbocycles. The molecule has 0 radical (unpaired) electrons. The molecule has 0 N–H and O–H groups in total. The highest BCUT2D eigenvalue weighted by atomic mass is 127. The number of halogens is 1. The van der Waals surface area contributed by atoms with Crippen LogP contribution in [0.25, 0.3) is 10.9 Å². The minimum atomic E-state index is -0.453. The Kier molecular flexibility index (Phi) is 4.85. The van der Waals surface area contributed by atoms with Crippen LogP contribution in [0.1, 0.15) is 20.8 Å². The van der Waals surface area contributed by atoms with Gasteiger partial charge in [0.25, 0.3) is 0 Å². The van der Waals surface area contributed by atoms with Crippen molar-refractivity contribution in [3.63, 3.8) is 0 Å². The molecule has 128 valence electrons. The zero-order valence-electron chi connectivity index (χ0n) is 14.3. The fraction of sp³-hybridized carbons (Fsp3) is 0.444. The first-order chi connectivity index (χ1) is 11.3. The summed E-state index contributed by atoms with van der Waals surface area (Å²) in [6.45, 7) is 8.51. The second kappa shape index (κ2) is 6.74. The molecule has 0 unspecified atom stereocenters. The van der Waals surface area contributed by atoms with Gasteiger partial charge in [-0.25, -0.2) is 9.78 Å². The zero-order valence-corrected chi connectivity index (χ0v) is 16.4. The van der Waals surface area contributed by atoms with Gasteiger partial charge in [0.05, 0.1) is 5.52 Å². The highest BCUT2D eigenvalue weighted by Crippen LogP contribution is 2.21. The van der Waals surface area contributed by atoms with Crippen molar-refractivity contribution < 1.29 is 9.53 Å². The zero-order chi connectivity index (χ0) is 17.3. The third-order valence-electron chi connectivity index (χ3n) is 3.89. The Morgan fingerprint density at radius 1 is 1.12 bits per heavy atom.